The maximum Gasteiger partial charge on any atom is 0.132 e. The van der Waals surface area contributed by atoms with Crippen LogP contribution in [0.15, 0.2) is 12.1 Å². The molecule has 0 radical (unpaired) electrons. The number of halogens is 1. The molecule has 0 aromatic carbocycles. The molecule has 1 aromatic rings. The van der Waals surface area contributed by atoms with Crippen LogP contribution in [0, 0.1) is 11.3 Å². The van der Waals surface area contributed by atoms with E-state index in [4.69, 9.17) is 16.9 Å². The Morgan fingerprint density at radius 2 is 2.23 bits per heavy atom. The number of aromatic nitrogens is 1. The van der Waals surface area contributed by atoms with Gasteiger partial charge in [0.15, 0.2) is 0 Å². The Morgan fingerprint density at radius 1 is 1.46 bits per heavy atom. The highest BCUT2D eigenvalue weighted by Gasteiger charge is 2.16. The molecule has 1 fully saturated rings. The zero-order chi connectivity index (χ0) is 9.26. The number of pyridine rings is 1. The van der Waals surface area contributed by atoms with E-state index in [1.807, 2.05) is 0 Å². The summed E-state index contributed by atoms with van der Waals surface area (Å²) in [6.45, 7) is 2.02. The van der Waals surface area contributed by atoms with Crippen LogP contribution < -0.4 is 4.90 Å². The van der Waals surface area contributed by atoms with Crippen LogP contribution in [0.3, 0.4) is 0 Å². The minimum absolute atomic E-state index is 0.390. The average molecular weight is 194 g/mol. The highest BCUT2D eigenvalue weighted by atomic mass is 35.5. The van der Waals surface area contributed by atoms with Gasteiger partial charge in [0, 0.05) is 13.1 Å². The molecule has 0 aliphatic carbocycles. The SMILES string of the molecule is N#Cc1cc(Cl)nc(N2CCC2)c1. The zero-order valence-corrected chi connectivity index (χ0v) is 7.75. The fraction of sp³-hybridized carbons (Fsp3) is 0.333. The van der Waals surface area contributed by atoms with Gasteiger partial charge in [0.05, 0.1) is 11.6 Å². The molecule has 3 nitrogen and oxygen atoms in total. The van der Waals surface area contributed by atoms with Gasteiger partial charge in [-0.3, -0.25) is 0 Å². The molecular weight excluding hydrogens is 186 g/mol. The minimum atomic E-state index is 0.390. The molecule has 1 aliphatic heterocycles. The van der Waals surface area contributed by atoms with E-state index >= 15 is 0 Å². The lowest BCUT2D eigenvalue weighted by atomic mass is 10.2. The lowest BCUT2D eigenvalue weighted by Gasteiger charge is -2.32. The molecule has 4 heteroatoms. The van der Waals surface area contributed by atoms with Gasteiger partial charge in [0.25, 0.3) is 0 Å². The summed E-state index contributed by atoms with van der Waals surface area (Å²) in [7, 11) is 0. The third-order valence-electron chi connectivity index (χ3n) is 2.09. The van der Waals surface area contributed by atoms with Crippen LogP contribution in [-0.4, -0.2) is 18.1 Å². The molecule has 0 atom stereocenters. The van der Waals surface area contributed by atoms with Gasteiger partial charge >= 0.3 is 0 Å². The Bertz CT molecular complexity index is 366. The van der Waals surface area contributed by atoms with E-state index < -0.39 is 0 Å². The summed E-state index contributed by atoms with van der Waals surface area (Å²) in [4.78, 5) is 6.25. The first-order valence-corrected chi connectivity index (χ1v) is 4.50. The summed E-state index contributed by atoms with van der Waals surface area (Å²) >= 11 is 5.77. The van der Waals surface area contributed by atoms with Crippen molar-refractivity contribution in [2.75, 3.05) is 18.0 Å². The van der Waals surface area contributed by atoms with E-state index in [0.29, 0.717) is 10.7 Å². The molecule has 1 saturated heterocycles. The van der Waals surface area contributed by atoms with Crippen molar-refractivity contribution in [2.24, 2.45) is 0 Å². The van der Waals surface area contributed by atoms with Crippen LogP contribution in [0.5, 0.6) is 0 Å². The third kappa shape index (κ3) is 1.58. The monoisotopic (exact) mass is 193 g/mol. The first-order valence-electron chi connectivity index (χ1n) is 4.12. The molecule has 66 valence electrons. The number of nitrogens with zero attached hydrogens (tertiary/aromatic N) is 3. The van der Waals surface area contributed by atoms with E-state index in [-0.39, 0.29) is 0 Å². The second-order valence-electron chi connectivity index (χ2n) is 2.99. The van der Waals surface area contributed by atoms with Crippen LogP contribution >= 0.6 is 11.6 Å². The molecule has 0 N–H and O–H groups in total. The van der Waals surface area contributed by atoms with Crippen molar-refractivity contribution in [3.05, 3.63) is 22.8 Å². The topological polar surface area (TPSA) is 39.9 Å². The number of hydrogen-bond acceptors (Lipinski definition) is 3. The fourth-order valence-corrected chi connectivity index (χ4v) is 1.46. The van der Waals surface area contributed by atoms with E-state index in [1.165, 1.54) is 6.42 Å². The zero-order valence-electron chi connectivity index (χ0n) is 7.00. The standard InChI is InChI=1S/C9H8ClN3/c10-8-4-7(6-11)5-9(12-8)13-2-1-3-13/h4-5H,1-3H2. The molecule has 2 rings (SSSR count). The first kappa shape index (κ1) is 8.33. The van der Waals surface area contributed by atoms with Crippen molar-refractivity contribution in [1.82, 2.24) is 4.98 Å². The quantitative estimate of drug-likeness (QED) is 0.639. The normalized spacial score (nSPS) is 14.9. The predicted molar refractivity (Wildman–Crippen MR) is 50.8 cm³/mol. The van der Waals surface area contributed by atoms with Crippen molar-refractivity contribution < 1.29 is 0 Å². The fourth-order valence-electron chi connectivity index (χ4n) is 1.25. The van der Waals surface area contributed by atoms with Crippen LogP contribution in [0.25, 0.3) is 0 Å². The molecular formula is C9H8ClN3. The summed E-state index contributed by atoms with van der Waals surface area (Å²) in [5, 5.41) is 9.09. The maximum absolute atomic E-state index is 8.70. The molecule has 1 aliphatic rings. The highest BCUT2D eigenvalue weighted by Crippen LogP contribution is 2.21. The molecule has 0 amide bonds. The van der Waals surface area contributed by atoms with Crippen molar-refractivity contribution in [3.8, 4) is 6.07 Å². The molecule has 0 saturated carbocycles. The molecule has 1 aromatic heterocycles. The maximum atomic E-state index is 8.70. The van der Waals surface area contributed by atoms with Crippen LogP contribution in [0.2, 0.25) is 5.15 Å². The lowest BCUT2D eigenvalue weighted by Crippen LogP contribution is -2.37. The summed E-state index contributed by atoms with van der Waals surface area (Å²) in [6, 6.07) is 5.40. The average Bonchev–Trinajstić information content (AvgIpc) is 2.00. The van der Waals surface area contributed by atoms with Crippen LogP contribution in [0.1, 0.15) is 12.0 Å². The van der Waals surface area contributed by atoms with Gasteiger partial charge in [-0.1, -0.05) is 11.6 Å². The van der Waals surface area contributed by atoms with E-state index in [2.05, 4.69) is 16.0 Å². The van der Waals surface area contributed by atoms with Gasteiger partial charge in [-0.05, 0) is 18.6 Å². The highest BCUT2D eigenvalue weighted by molar-refractivity contribution is 6.29. The van der Waals surface area contributed by atoms with E-state index in [9.17, 15) is 0 Å². The second-order valence-corrected chi connectivity index (χ2v) is 3.38. The van der Waals surface area contributed by atoms with E-state index in [0.717, 1.165) is 18.9 Å². The lowest BCUT2D eigenvalue weighted by molar-refractivity contribution is 0.610. The third-order valence-corrected chi connectivity index (χ3v) is 2.28. The van der Waals surface area contributed by atoms with Crippen molar-refractivity contribution in [3.63, 3.8) is 0 Å². The molecule has 0 unspecified atom stereocenters. The van der Waals surface area contributed by atoms with Gasteiger partial charge < -0.3 is 4.90 Å². The Kier molecular flexibility index (Phi) is 2.07. The Morgan fingerprint density at radius 3 is 2.77 bits per heavy atom. The molecule has 0 bridgehead atoms. The number of anilines is 1. The van der Waals surface area contributed by atoms with Crippen molar-refractivity contribution in [1.29, 1.82) is 5.26 Å². The Hall–Kier alpha value is -1.27. The first-order chi connectivity index (χ1) is 6.29. The van der Waals surface area contributed by atoms with Crippen molar-refractivity contribution >= 4 is 17.4 Å². The minimum Gasteiger partial charge on any atom is -0.356 e. The summed E-state index contributed by atoms with van der Waals surface area (Å²) in [6.07, 6.45) is 1.19. The summed E-state index contributed by atoms with van der Waals surface area (Å²) in [5.41, 5.74) is 0.571. The molecule has 13 heavy (non-hydrogen) atoms. The smallest absolute Gasteiger partial charge is 0.132 e. The summed E-state index contributed by atoms with van der Waals surface area (Å²) < 4.78 is 0. The van der Waals surface area contributed by atoms with Crippen molar-refractivity contribution in [2.45, 2.75) is 6.42 Å². The van der Waals surface area contributed by atoms with Gasteiger partial charge in [-0.25, -0.2) is 4.98 Å². The van der Waals surface area contributed by atoms with Crippen LogP contribution in [0.4, 0.5) is 5.82 Å². The van der Waals surface area contributed by atoms with Gasteiger partial charge in [-0.15, -0.1) is 0 Å². The van der Waals surface area contributed by atoms with Gasteiger partial charge in [-0.2, -0.15) is 5.26 Å². The summed E-state index contributed by atoms with van der Waals surface area (Å²) in [5.74, 6) is 0.815. The number of nitriles is 1. The molecule has 2 heterocycles. The largest absolute Gasteiger partial charge is 0.356 e. The Balaban J connectivity index is 2.35. The van der Waals surface area contributed by atoms with Crippen LogP contribution in [-0.2, 0) is 0 Å². The number of hydrogen-bond donors (Lipinski definition) is 0. The Labute approximate surface area is 81.6 Å². The van der Waals surface area contributed by atoms with E-state index in [1.54, 1.807) is 12.1 Å². The number of rotatable bonds is 1. The van der Waals surface area contributed by atoms with Gasteiger partial charge in [0.2, 0.25) is 0 Å². The second kappa shape index (κ2) is 3.23. The predicted octanol–water partition coefficient (Wildman–Crippen LogP) is 1.82. The molecule has 0 spiro atoms. The van der Waals surface area contributed by atoms with Gasteiger partial charge in [0.1, 0.15) is 11.0 Å².